The van der Waals surface area contributed by atoms with Gasteiger partial charge in [-0.15, -0.1) is 0 Å². The summed E-state index contributed by atoms with van der Waals surface area (Å²) < 4.78 is 5.37. The van der Waals surface area contributed by atoms with Gasteiger partial charge in [0, 0.05) is 29.4 Å². The molecular weight excluding hydrogens is 372 g/mol. The molecule has 0 atom stereocenters. The first-order valence-electron chi connectivity index (χ1n) is 9.66. The van der Waals surface area contributed by atoms with Gasteiger partial charge in [0.25, 0.3) is 0 Å². The highest BCUT2D eigenvalue weighted by Gasteiger charge is 2.19. The molecule has 152 valence electrons. The number of piperidine rings is 1. The van der Waals surface area contributed by atoms with Crippen molar-refractivity contribution in [2.24, 2.45) is 0 Å². The van der Waals surface area contributed by atoms with Crippen LogP contribution in [0, 0.1) is 6.92 Å². The van der Waals surface area contributed by atoms with Gasteiger partial charge >= 0.3 is 5.63 Å². The van der Waals surface area contributed by atoms with Gasteiger partial charge in [-0.3, -0.25) is 4.98 Å². The van der Waals surface area contributed by atoms with Gasteiger partial charge in [0.1, 0.15) is 12.3 Å². The number of hydrogen-bond acceptors (Lipinski definition) is 6. The minimum atomic E-state index is -1.17. The van der Waals surface area contributed by atoms with Crippen LogP contribution in [0.5, 0.6) is 5.75 Å². The number of benzene rings is 1. The fourth-order valence-electron chi connectivity index (χ4n) is 3.57. The van der Waals surface area contributed by atoms with Crippen LogP contribution < -0.4 is 15.6 Å². The number of aromatic carboxylic acids is 1. The second-order valence-electron chi connectivity index (χ2n) is 7.20. The maximum atomic E-state index is 11.6. The highest BCUT2D eigenvalue weighted by Crippen LogP contribution is 2.27. The van der Waals surface area contributed by atoms with Gasteiger partial charge in [-0.2, -0.15) is 0 Å². The van der Waals surface area contributed by atoms with Crippen LogP contribution in [0.4, 0.5) is 0 Å². The highest BCUT2D eigenvalue weighted by molar-refractivity contribution is 5.85. The van der Waals surface area contributed by atoms with Gasteiger partial charge in [-0.05, 0) is 56.0 Å². The molecule has 0 aliphatic carbocycles. The van der Waals surface area contributed by atoms with E-state index in [-0.39, 0.29) is 16.9 Å². The number of aryl methyl sites for hydroxylation is 1. The Morgan fingerprint density at radius 3 is 2.48 bits per heavy atom. The van der Waals surface area contributed by atoms with E-state index in [4.69, 9.17) is 4.42 Å². The number of carboxylic acid groups (broad SMARTS) is 1. The number of hydrogen-bond donors (Lipinski definition) is 2. The Morgan fingerprint density at radius 2 is 1.86 bits per heavy atom. The molecule has 0 radical (unpaired) electrons. The molecule has 7 heteroatoms. The summed E-state index contributed by atoms with van der Waals surface area (Å²) in [5, 5.41) is 21.1. The predicted octanol–water partition coefficient (Wildman–Crippen LogP) is 0.821. The molecule has 0 saturated carbocycles. The zero-order chi connectivity index (χ0) is 20.8. The van der Waals surface area contributed by atoms with E-state index in [1.807, 2.05) is 13.0 Å². The first-order chi connectivity index (χ1) is 14.0. The van der Waals surface area contributed by atoms with E-state index in [0.717, 1.165) is 36.1 Å². The standard InChI is InChI=1S/C16H19NO3.C6H5NO2/c1-11-9-15(19)20-16-12(11)5-6-14(18)13(16)10-17-7-3-2-4-8-17;8-6(9)5-1-3-7-4-2-5/h5-6,9,18H,2-4,7-8,10H2,1H3;1-4H,(H,8,9). The molecule has 1 fully saturated rings. The van der Waals surface area contributed by atoms with Crippen molar-refractivity contribution in [3.8, 4) is 5.75 Å². The van der Waals surface area contributed by atoms with Crippen LogP contribution in [0.25, 0.3) is 11.0 Å². The molecule has 2 N–H and O–H groups in total. The van der Waals surface area contributed by atoms with Gasteiger partial charge in [-0.25, -0.2) is 4.79 Å². The van der Waals surface area contributed by atoms with Crippen LogP contribution in [-0.4, -0.2) is 29.1 Å². The third kappa shape index (κ3) is 5.20. The molecule has 0 amide bonds. The maximum absolute atomic E-state index is 11.6. The Labute approximate surface area is 168 Å². The van der Waals surface area contributed by atoms with E-state index < -0.39 is 5.97 Å². The molecule has 29 heavy (non-hydrogen) atoms. The van der Waals surface area contributed by atoms with Crippen LogP contribution in [0.15, 0.2) is 51.9 Å². The number of nitrogens with zero attached hydrogens (tertiary/aromatic N) is 1. The fourth-order valence-corrected chi connectivity index (χ4v) is 3.57. The lowest BCUT2D eigenvalue weighted by Crippen LogP contribution is -3.11. The number of aromatic hydroxyl groups is 1. The summed E-state index contributed by atoms with van der Waals surface area (Å²) in [7, 11) is 0. The van der Waals surface area contributed by atoms with Crippen molar-refractivity contribution in [3.05, 3.63) is 69.8 Å². The largest absolute Gasteiger partial charge is 0.545 e. The Kier molecular flexibility index (Phi) is 6.61. The number of nitrogens with one attached hydrogen (secondary N) is 1. The van der Waals surface area contributed by atoms with Crippen molar-refractivity contribution in [2.75, 3.05) is 13.1 Å². The van der Waals surface area contributed by atoms with Crippen LogP contribution in [0.3, 0.4) is 0 Å². The van der Waals surface area contributed by atoms with Crippen molar-refractivity contribution in [3.63, 3.8) is 0 Å². The zero-order valence-corrected chi connectivity index (χ0v) is 16.3. The third-order valence-corrected chi connectivity index (χ3v) is 5.10. The fraction of sp³-hybridized carbons (Fsp3) is 0.318. The molecule has 2 aromatic heterocycles. The number of rotatable bonds is 3. The summed E-state index contributed by atoms with van der Waals surface area (Å²) >= 11 is 0. The maximum Gasteiger partial charge on any atom is 0.336 e. The van der Waals surface area contributed by atoms with Crippen LogP contribution in [0.2, 0.25) is 0 Å². The number of phenolic OH excluding ortho intramolecular Hbond substituents is 1. The smallest absolute Gasteiger partial charge is 0.336 e. The average Bonchev–Trinajstić information content (AvgIpc) is 2.72. The number of likely N-dealkylation sites (tertiary alicyclic amines) is 1. The Morgan fingerprint density at radius 1 is 1.17 bits per heavy atom. The molecule has 0 bridgehead atoms. The number of phenols is 1. The predicted molar refractivity (Wildman–Crippen MR) is 106 cm³/mol. The van der Waals surface area contributed by atoms with Gasteiger partial charge in [0.15, 0.2) is 5.58 Å². The van der Waals surface area contributed by atoms with Crippen molar-refractivity contribution in [1.82, 2.24) is 4.98 Å². The van der Waals surface area contributed by atoms with Crippen LogP contribution >= 0.6 is 0 Å². The van der Waals surface area contributed by atoms with E-state index in [1.165, 1.54) is 54.8 Å². The zero-order valence-electron chi connectivity index (χ0n) is 16.3. The third-order valence-electron chi connectivity index (χ3n) is 5.10. The number of quaternary nitrogens is 1. The molecular formula is C22H24N2O5. The van der Waals surface area contributed by atoms with Gasteiger partial charge in [-0.1, -0.05) is 0 Å². The monoisotopic (exact) mass is 396 g/mol. The molecule has 3 heterocycles. The summed E-state index contributed by atoms with van der Waals surface area (Å²) in [6.07, 6.45) is 6.56. The summed E-state index contributed by atoms with van der Waals surface area (Å²) in [5.41, 5.74) is 2.01. The lowest BCUT2D eigenvalue weighted by atomic mass is 10.0. The Bertz CT molecular complexity index is 1040. The van der Waals surface area contributed by atoms with Gasteiger partial charge in [0.2, 0.25) is 0 Å². The van der Waals surface area contributed by atoms with Gasteiger partial charge in [0.05, 0.1) is 24.6 Å². The van der Waals surface area contributed by atoms with Gasteiger partial charge < -0.3 is 24.3 Å². The molecule has 1 aliphatic rings. The molecule has 0 unspecified atom stereocenters. The molecule has 3 aromatic rings. The van der Waals surface area contributed by atoms with E-state index in [1.54, 1.807) is 6.07 Å². The second kappa shape index (κ2) is 9.34. The SMILES string of the molecule is Cc1cc(=O)oc2c(C[NH+]3CCCCC3)c(O)ccc12.O=C([O-])c1ccncc1. The minimum absolute atomic E-state index is 0.157. The van der Waals surface area contributed by atoms with E-state index >= 15 is 0 Å². The lowest BCUT2D eigenvalue weighted by molar-refractivity contribution is -0.918. The number of carbonyl (C=O) groups is 1. The van der Waals surface area contributed by atoms with Crippen molar-refractivity contribution in [2.45, 2.75) is 32.7 Å². The number of aromatic nitrogens is 1. The van der Waals surface area contributed by atoms with Crippen molar-refractivity contribution in [1.29, 1.82) is 0 Å². The highest BCUT2D eigenvalue weighted by atomic mass is 16.4. The molecule has 7 nitrogen and oxygen atoms in total. The average molecular weight is 396 g/mol. The second-order valence-corrected chi connectivity index (χ2v) is 7.20. The molecule has 4 rings (SSSR count). The van der Waals surface area contributed by atoms with Crippen molar-refractivity contribution >= 4 is 16.9 Å². The summed E-state index contributed by atoms with van der Waals surface area (Å²) in [4.78, 5) is 26.8. The number of fused-ring (bicyclic) bond motifs is 1. The summed E-state index contributed by atoms with van der Waals surface area (Å²) in [6.45, 7) is 4.85. The Balaban J connectivity index is 0.000000224. The summed E-state index contributed by atoms with van der Waals surface area (Å²) in [6, 6.07) is 7.79. The Hall–Kier alpha value is -3.19. The van der Waals surface area contributed by atoms with E-state index in [9.17, 15) is 19.8 Å². The molecule has 1 aliphatic heterocycles. The molecule has 1 saturated heterocycles. The quantitative estimate of drug-likeness (QED) is 0.635. The van der Waals surface area contributed by atoms with Crippen LogP contribution in [0.1, 0.15) is 40.7 Å². The number of carbonyl (C=O) groups excluding carboxylic acids is 1. The van der Waals surface area contributed by atoms with Crippen molar-refractivity contribution < 1.29 is 24.3 Å². The first-order valence-corrected chi connectivity index (χ1v) is 9.66. The first kappa shape index (κ1) is 20.5. The normalized spacial score (nSPS) is 14.2. The number of pyridine rings is 1. The topological polar surface area (TPSA) is 108 Å². The van der Waals surface area contributed by atoms with Crippen LogP contribution in [-0.2, 0) is 6.54 Å². The lowest BCUT2D eigenvalue weighted by Gasteiger charge is -2.24. The summed E-state index contributed by atoms with van der Waals surface area (Å²) in [5.74, 6) is -0.943. The molecule has 0 spiro atoms. The van der Waals surface area contributed by atoms with E-state index in [2.05, 4.69) is 4.98 Å². The molecule has 1 aromatic carbocycles. The minimum Gasteiger partial charge on any atom is -0.545 e. The van der Waals surface area contributed by atoms with E-state index in [0.29, 0.717) is 5.58 Å². The number of carboxylic acids is 1.